The van der Waals surface area contributed by atoms with Gasteiger partial charge in [-0.3, -0.25) is 14.7 Å². The minimum Gasteiger partial charge on any atom is -0.380 e. The molecule has 1 fully saturated rings. The number of hydrogen-bond donors (Lipinski definition) is 3. The molecule has 156 valence electrons. The molecular weight excluding hydrogens is 384 g/mol. The fraction of sp³-hybridized carbons (Fsp3) is 0.429. The van der Waals surface area contributed by atoms with Crippen LogP contribution in [-0.4, -0.2) is 51.2 Å². The molecule has 2 amide bonds. The summed E-state index contributed by atoms with van der Waals surface area (Å²) in [6.45, 7) is 8.80. The van der Waals surface area contributed by atoms with E-state index in [2.05, 4.69) is 20.5 Å². The first-order valence-corrected chi connectivity index (χ1v) is 10.1. The maximum absolute atomic E-state index is 12.9. The van der Waals surface area contributed by atoms with Crippen molar-refractivity contribution in [2.24, 2.45) is 5.92 Å². The number of rotatable bonds is 4. The number of carbonyl (C=O) groups excluding carboxylic acids is 2. The number of H-pyrrole nitrogens is 2. The third-order valence-corrected chi connectivity index (χ3v) is 5.93. The lowest BCUT2D eigenvalue weighted by Gasteiger charge is -2.24. The van der Waals surface area contributed by atoms with Crippen molar-refractivity contribution in [2.75, 3.05) is 23.4 Å². The zero-order valence-electron chi connectivity index (χ0n) is 17.4. The Balaban J connectivity index is 1.54. The zero-order valence-corrected chi connectivity index (χ0v) is 17.4. The lowest BCUT2D eigenvalue weighted by Crippen LogP contribution is -2.40. The van der Waals surface area contributed by atoms with Gasteiger partial charge in [0.15, 0.2) is 11.5 Å². The Morgan fingerprint density at radius 1 is 1.33 bits per heavy atom. The van der Waals surface area contributed by atoms with Crippen molar-refractivity contribution in [2.45, 2.75) is 39.2 Å². The summed E-state index contributed by atoms with van der Waals surface area (Å²) >= 11 is 0. The maximum Gasteiger partial charge on any atom is 0.237 e. The second-order valence-corrected chi connectivity index (χ2v) is 8.74. The number of anilines is 2. The highest BCUT2D eigenvalue weighted by Crippen LogP contribution is 2.44. The highest BCUT2D eigenvalue weighted by atomic mass is 16.5. The summed E-state index contributed by atoms with van der Waals surface area (Å²) < 4.78 is 5.09. The van der Waals surface area contributed by atoms with E-state index in [0.29, 0.717) is 30.4 Å². The fourth-order valence-corrected chi connectivity index (χ4v) is 4.08. The molecule has 30 heavy (non-hydrogen) atoms. The number of fused-ring (bicyclic) bond motifs is 2. The van der Waals surface area contributed by atoms with E-state index in [1.807, 2.05) is 44.7 Å². The second-order valence-electron chi connectivity index (χ2n) is 8.74. The number of nitrogens with zero attached hydrogens (tertiary/aromatic N) is 3. The first-order chi connectivity index (χ1) is 14.3. The molecule has 2 aliphatic heterocycles. The topological polar surface area (TPSA) is 116 Å². The first-order valence-electron chi connectivity index (χ1n) is 10.1. The van der Waals surface area contributed by atoms with Gasteiger partial charge in [0, 0.05) is 12.2 Å². The third kappa shape index (κ3) is 2.65. The summed E-state index contributed by atoms with van der Waals surface area (Å²) in [5.74, 6) is 0.424. The highest BCUT2D eigenvalue weighted by Gasteiger charge is 2.45. The van der Waals surface area contributed by atoms with Crippen LogP contribution in [0.3, 0.4) is 0 Å². The molecule has 5 rings (SSSR count). The van der Waals surface area contributed by atoms with Crippen LogP contribution in [0.2, 0.25) is 0 Å². The maximum atomic E-state index is 12.9. The second kappa shape index (κ2) is 6.40. The van der Waals surface area contributed by atoms with E-state index < -0.39 is 5.41 Å². The van der Waals surface area contributed by atoms with E-state index in [4.69, 9.17) is 9.72 Å². The van der Waals surface area contributed by atoms with Crippen LogP contribution in [0.1, 0.15) is 33.3 Å². The summed E-state index contributed by atoms with van der Waals surface area (Å²) in [5.41, 5.74) is 3.94. The standard InChI is InChI=1S/C21H24N6O3/c1-10(2)27-16-6-14-13(5-12(16)21(3,4)20(27)29)23-18(24-14)17-15(7-22-26-17)25-19(28)11-8-30-9-11/h5-7,10-11H,8-9H2,1-4H3,(H,22,26)(H,23,24)(H,25,28). The molecule has 3 N–H and O–H groups in total. The van der Waals surface area contributed by atoms with Crippen LogP contribution >= 0.6 is 0 Å². The van der Waals surface area contributed by atoms with Crippen molar-refractivity contribution in [1.82, 2.24) is 20.2 Å². The number of carbonyl (C=O) groups is 2. The van der Waals surface area contributed by atoms with Gasteiger partial charge < -0.3 is 19.9 Å². The summed E-state index contributed by atoms with van der Waals surface area (Å²) in [6, 6.07) is 4.00. The minimum absolute atomic E-state index is 0.0533. The molecule has 0 radical (unpaired) electrons. The van der Waals surface area contributed by atoms with Crippen LogP contribution in [0.15, 0.2) is 18.3 Å². The number of amides is 2. The van der Waals surface area contributed by atoms with E-state index in [0.717, 1.165) is 22.3 Å². The quantitative estimate of drug-likeness (QED) is 0.614. The molecule has 0 atom stereocenters. The normalized spacial score (nSPS) is 18.2. The van der Waals surface area contributed by atoms with Crippen LogP contribution in [0.25, 0.3) is 22.6 Å². The molecule has 1 saturated heterocycles. The Kier molecular flexibility index (Phi) is 4.01. The molecule has 4 heterocycles. The molecule has 1 aromatic carbocycles. The fourth-order valence-electron chi connectivity index (χ4n) is 4.08. The van der Waals surface area contributed by atoms with Gasteiger partial charge in [-0.15, -0.1) is 0 Å². The van der Waals surface area contributed by atoms with Crippen LogP contribution in [0, 0.1) is 5.92 Å². The van der Waals surface area contributed by atoms with Gasteiger partial charge in [0.25, 0.3) is 0 Å². The molecule has 3 aromatic rings. The molecule has 2 aromatic heterocycles. The van der Waals surface area contributed by atoms with Crippen molar-refractivity contribution >= 4 is 34.2 Å². The van der Waals surface area contributed by atoms with E-state index in [9.17, 15) is 9.59 Å². The zero-order chi connectivity index (χ0) is 21.2. The predicted molar refractivity (Wildman–Crippen MR) is 112 cm³/mol. The monoisotopic (exact) mass is 408 g/mol. The smallest absolute Gasteiger partial charge is 0.237 e. The summed E-state index contributed by atoms with van der Waals surface area (Å²) in [4.78, 5) is 35.1. The third-order valence-electron chi connectivity index (χ3n) is 5.93. The van der Waals surface area contributed by atoms with Gasteiger partial charge in [0.05, 0.1) is 47.0 Å². The largest absolute Gasteiger partial charge is 0.380 e. The van der Waals surface area contributed by atoms with Crippen molar-refractivity contribution in [3.05, 3.63) is 23.9 Å². The highest BCUT2D eigenvalue weighted by molar-refractivity contribution is 6.10. The van der Waals surface area contributed by atoms with Gasteiger partial charge in [-0.05, 0) is 45.4 Å². The summed E-state index contributed by atoms with van der Waals surface area (Å²) in [7, 11) is 0. The van der Waals surface area contributed by atoms with Crippen LogP contribution in [-0.2, 0) is 19.7 Å². The van der Waals surface area contributed by atoms with Crippen LogP contribution in [0.5, 0.6) is 0 Å². The van der Waals surface area contributed by atoms with E-state index >= 15 is 0 Å². The molecular formula is C21H24N6O3. The van der Waals surface area contributed by atoms with Gasteiger partial charge in [-0.2, -0.15) is 5.10 Å². The molecule has 0 aliphatic carbocycles. The number of imidazole rings is 1. The Labute approximate surface area is 173 Å². The Bertz CT molecular complexity index is 1170. The lowest BCUT2D eigenvalue weighted by atomic mass is 9.86. The number of hydrogen-bond acceptors (Lipinski definition) is 5. The molecule has 0 unspecified atom stereocenters. The number of nitrogens with one attached hydrogen (secondary N) is 3. The van der Waals surface area contributed by atoms with Gasteiger partial charge >= 0.3 is 0 Å². The molecule has 0 spiro atoms. The number of benzene rings is 1. The first kappa shape index (κ1) is 18.8. The Morgan fingerprint density at radius 2 is 2.10 bits per heavy atom. The summed E-state index contributed by atoms with van der Waals surface area (Å²) in [6.07, 6.45) is 1.64. The molecule has 9 heteroatoms. The van der Waals surface area contributed by atoms with Crippen molar-refractivity contribution in [3.8, 4) is 11.5 Å². The van der Waals surface area contributed by atoms with Crippen molar-refractivity contribution < 1.29 is 14.3 Å². The number of ether oxygens (including phenoxy) is 1. The Hall–Kier alpha value is -3.20. The van der Waals surface area contributed by atoms with Gasteiger partial charge in [0.1, 0.15) is 0 Å². The van der Waals surface area contributed by atoms with Gasteiger partial charge in [0.2, 0.25) is 11.8 Å². The lowest BCUT2D eigenvalue weighted by molar-refractivity contribution is -0.133. The molecule has 9 nitrogen and oxygen atoms in total. The number of aromatic nitrogens is 4. The van der Waals surface area contributed by atoms with E-state index in [1.165, 1.54) is 0 Å². The van der Waals surface area contributed by atoms with Crippen LogP contribution < -0.4 is 10.2 Å². The minimum atomic E-state index is -0.602. The average molecular weight is 408 g/mol. The van der Waals surface area contributed by atoms with E-state index in [1.54, 1.807) is 6.20 Å². The molecule has 2 aliphatic rings. The van der Waals surface area contributed by atoms with E-state index in [-0.39, 0.29) is 23.8 Å². The Morgan fingerprint density at radius 3 is 2.77 bits per heavy atom. The SMILES string of the molecule is CC(C)N1C(=O)C(C)(C)c2cc3[nH]c(-c4n[nH]cc4NC(=O)C4COC4)nc3cc21. The van der Waals surface area contributed by atoms with Crippen LogP contribution in [0.4, 0.5) is 11.4 Å². The molecule has 0 saturated carbocycles. The average Bonchev–Trinajstić information content (AvgIpc) is 3.28. The van der Waals surface area contributed by atoms with Crippen molar-refractivity contribution in [1.29, 1.82) is 0 Å². The van der Waals surface area contributed by atoms with Gasteiger partial charge in [-0.25, -0.2) is 4.98 Å². The summed E-state index contributed by atoms with van der Waals surface area (Å²) in [5, 5.41) is 9.97. The predicted octanol–water partition coefficient (Wildman–Crippen LogP) is 2.57. The number of aromatic amines is 2. The molecule has 0 bridgehead atoms. The van der Waals surface area contributed by atoms with Gasteiger partial charge in [-0.1, -0.05) is 0 Å². The van der Waals surface area contributed by atoms with Crippen molar-refractivity contribution in [3.63, 3.8) is 0 Å².